The van der Waals surface area contributed by atoms with Gasteiger partial charge in [0.05, 0.1) is 6.54 Å². The van der Waals surface area contributed by atoms with Crippen LogP contribution in [0.3, 0.4) is 0 Å². The number of rotatable bonds is 4. The van der Waals surface area contributed by atoms with Gasteiger partial charge in [-0.1, -0.05) is 25.1 Å². The van der Waals surface area contributed by atoms with Crippen molar-refractivity contribution in [1.29, 1.82) is 0 Å². The smallest absolute Gasteiger partial charge is 0.238 e. The number of nitrogens with zero attached hydrogens (tertiary/aromatic N) is 1. The maximum absolute atomic E-state index is 12.1. The molecule has 0 spiro atoms. The molecule has 20 heavy (non-hydrogen) atoms. The fraction of sp³-hybridized carbons (Fsp3) is 0.562. The molecule has 0 aromatic heterocycles. The molecule has 3 N–H and O–H groups in total. The fourth-order valence-corrected chi connectivity index (χ4v) is 2.88. The van der Waals surface area contributed by atoms with Crippen LogP contribution in [0.4, 0.5) is 5.69 Å². The molecule has 0 aliphatic carbocycles. The monoisotopic (exact) mass is 275 g/mol. The quantitative estimate of drug-likeness (QED) is 0.881. The molecule has 1 aliphatic rings. The van der Waals surface area contributed by atoms with Crippen LogP contribution in [0.25, 0.3) is 0 Å². The number of carbonyl (C=O) groups excluding carboxylic acids is 1. The maximum atomic E-state index is 12.1. The Morgan fingerprint density at radius 3 is 2.85 bits per heavy atom. The largest absolute Gasteiger partial charge is 0.330 e. The number of para-hydroxylation sites is 1. The van der Waals surface area contributed by atoms with E-state index in [9.17, 15) is 4.79 Å². The van der Waals surface area contributed by atoms with E-state index in [1.165, 1.54) is 0 Å². The van der Waals surface area contributed by atoms with Crippen LogP contribution in [0.5, 0.6) is 0 Å². The Hall–Kier alpha value is -1.39. The van der Waals surface area contributed by atoms with Gasteiger partial charge in [0.15, 0.2) is 0 Å². The van der Waals surface area contributed by atoms with Gasteiger partial charge in [-0.3, -0.25) is 9.69 Å². The van der Waals surface area contributed by atoms with Crippen LogP contribution in [0.15, 0.2) is 24.3 Å². The summed E-state index contributed by atoms with van der Waals surface area (Å²) in [6.45, 7) is 7.38. The molecule has 2 unspecified atom stereocenters. The topological polar surface area (TPSA) is 58.4 Å². The van der Waals surface area contributed by atoms with Gasteiger partial charge in [-0.2, -0.15) is 0 Å². The van der Waals surface area contributed by atoms with E-state index >= 15 is 0 Å². The lowest BCUT2D eigenvalue weighted by Crippen LogP contribution is -2.44. The van der Waals surface area contributed by atoms with Crippen molar-refractivity contribution in [2.24, 2.45) is 17.6 Å². The molecule has 110 valence electrons. The number of benzene rings is 1. The first-order valence-corrected chi connectivity index (χ1v) is 7.38. The van der Waals surface area contributed by atoms with E-state index in [1.54, 1.807) is 0 Å². The van der Waals surface area contributed by atoms with Crippen molar-refractivity contribution in [3.05, 3.63) is 29.8 Å². The average Bonchev–Trinajstić information content (AvgIpc) is 2.41. The third-order valence-electron chi connectivity index (χ3n) is 4.26. The number of anilines is 1. The second-order valence-electron chi connectivity index (χ2n) is 5.86. The predicted molar refractivity (Wildman–Crippen MR) is 82.6 cm³/mol. The summed E-state index contributed by atoms with van der Waals surface area (Å²) in [5, 5.41) is 2.99. The number of likely N-dealkylation sites (tertiary alicyclic amines) is 1. The van der Waals surface area contributed by atoms with E-state index in [-0.39, 0.29) is 5.91 Å². The van der Waals surface area contributed by atoms with Crippen LogP contribution < -0.4 is 11.1 Å². The molecule has 2 atom stereocenters. The van der Waals surface area contributed by atoms with Gasteiger partial charge in [0.1, 0.15) is 0 Å². The summed E-state index contributed by atoms with van der Waals surface area (Å²) in [6, 6.07) is 7.86. The number of carbonyl (C=O) groups is 1. The highest BCUT2D eigenvalue weighted by atomic mass is 16.2. The highest BCUT2D eigenvalue weighted by Crippen LogP contribution is 2.22. The van der Waals surface area contributed by atoms with Crippen molar-refractivity contribution < 1.29 is 4.79 Å². The van der Waals surface area contributed by atoms with Crippen LogP contribution in [0.1, 0.15) is 18.9 Å². The second kappa shape index (κ2) is 6.86. The summed E-state index contributed by atoms with van der Waals surface area (Å²) < 4.78 is 0. The highest BCUT2D eigenvalue weighted by molar-refractivity contribution is 5.92. The van der Waals surface area contributed by atoms with Gasteiger partial charge >= 0.3 is 0 Å². The predicted octanol–water partition coefficient (Wildman–Crippen LogP) is 1.85. The van der Waals surface area contributed by atoms with Gasteiger partial charge in [0, 0.05) is 12.2 Å². The van der Waals surface area contributed by atoms with Gasteiger partial charge in [-0.25, -0.2) is 0 Å². The SMILES string of the molecule is Cc1ccccc1NC(=O)CN1CCC(CN)C(C)C1. The molecule has 4 heteroatoms. The summed E-state index contributed by atoms with van der Waals surface area (Å²) >= 11 is 0. The summed E-state index contributed by atoms with van der Waals surface area (Å²) in [6.07, 6.45) is 1.09. The summed E-state index contributed by atoms with van der Waals surface area (Å²) in [7, 11) is 0. The van der Waals surface area contributed by atoms with Gasteiger partial charge < -0.3 is 11.1 Å². The Kier molecular flexibility index (Phi) is 5.15. The highest BCUT2D eigenvalue weighted by Gasteiger charge is 2.25. The van der Waals surface area contributed by atoms with Crippen LogP contribution in [0, 0.1) is 18.8 Å². The minimum atomic E-state index is 0.0673. The number of hydrogen-bond donors (Lipinski definition) is 2. The Balaban J connectivity index is 1.85. The number of piperidine rings is 1. The molecule has 1 aromatic rings. The Labute approximate surface area is 121 Å². The van der Waals surface area contributed by atoms with E-state index in [0.29, 0.717) is 18.4 Å². The van der Waals surface area contributed by atoms with Crippen LogP contribution in [-0.2, 0) is 4.79 Å². The fourth-order valence-electron chi connectivity index (χ4n) is 2.88. The molecule has 0 saturated carbocycles. The zero-order valence-electron chi connectivity index (χ0n) is 12.4. The van der Waals surface area contributed by atoms with Crippen LogP contribution in [0.2, 0.25) is 0 Å². The van der Waals surface area contributed by atoms with Gasteiger partial charge in [-0.15, -0.1) is 0 Å². The standard InChI is InChI=1S/C16H25N3O/c1-12-5-3-4-6-15(12)18-16(20)11-19-8-7-14(9-17)13(2)10-19/h3-6,13-14H,7-11,17H2,1-2H3,(H,18,20). The van der Waals surface area contributed by atoms with Gasteiger partial charge in [-0.05, 0) is 49.9 Å². The van der Waals surface area contributed by atoms with E-state index in [0.717, 1.165) is 37.3 Å². The molecule has 0 bridgehead atoms. The first kappa shape index (κ1) is 15.0. The molecular formula is C16H25N3O. The molecule has 1 fully saturated rings. The first-order chi connectivity index (χ1) is 9.60. The maximum Gasteiger partial charge on any atom is 0.238 e. The Bertz CT molecular complexity index is 461. The summed E-state index contributed by atoms with van der Waals surface area (Å²) in [5.74, 6) is 1.24. The molecule has 1 saturated heterocycles. The number of nitrogens with one attached hydrogen (secondary N) is 1. The van der Waals surface area contributed by atoms with Crippen LogP contribution in [-0.4, -0.2) is 37.0 Å². The first-order valence-electron chi connectivity index (χ1n) is 7.38. The summed E-state index contributed by atoms with van der Waals surface area (Å²) in [4.78, 5) is 14.3. The molecule has 1 amide bonds. The van der Waals surface area contributed by atoms with E-state index in [4.69, 9.17) is 5.73 Å². The van der Waals surface area contributed by atoms with Crippen molar-refractivity contribution >= 4 is 11.6 Å². The lowest BCUT2D eigenvalue weighted by atomic mass is 9.87. The van der Waals surface area contributed by atoms with E-state index in [1.807, 2.05) is 31.2 Å². The normalized spacial score (nSPS) is 23.6. The molecule has 0 radical (unpaired) electrons. The third kappa shape index (κ3) is 3.81. The lowest BCUT2D eigenvalue weighted by molar-refractivity contribution is -0.117. The van der Waals surface area contributed by atoms with E-state index in [2.05, 4.69) is 17.1 Å². The summed E-state index contributed by atoms with van der Waals surface area (Å²) in [5.41, 5.74) is 7.76. The molecule has 1 heterocycles. The second-order valence-corrected chi connectivity index (χ2v) is 5.86. The Morgan fingerprint density at radius 1 is 1.45 bits per heavy atom. The number of amides is 1. The molecular weight excluding hydrogens is 250 g/mol. The van der Waals surface area contributed by atoms with Crippen molar-refractivity contribution in [2.75, 3.05) is 31.5 Å². The molecule has 1 aromatic carbocycles. The minimum absolute atomic E-state index is 0.0673. The minimum Gasteiger partial charge on any atom is -0.330 e. The van der Waals surface area contributed by atoms with E-state index < -0.39 is 0 Å². The van der Waals surface area contributed by atoms with Crippen LogP contribution >= 0.6 is 0 Å². The molecule has 2 rings (SSSR count). The van der Waals surface area contributed by atoms with Crippen molar-refractivity contribution in [3.8, 4) is 0 Å². The van der Waals surface area contributed by atoms with Crippen molar-refractivity contribution in [2.45, 2.75) is 20.3 Å². The number of nitrogens with two attached hydrogens (primary N) is 1. The van der Waals surface area contributed by atoms with Crippen molar-refractivity contribution in [3.63, 3.8) is 0 Å². The lowest BCUT2D eigenvalue weighted by Gasteiger charge is -2.35. The zero-order chi connectivity index (χ0) is 14.5. The van der Waals surface area contributed by atoms with Gasteiger partial charge in [0.25, 0.3) is 0 Å². The average molecular weight is 275 g/mol. The zero-order valence-corrected chi connectivity index (χ0v) is 12.4. The Morgan fingerprint density at radius 2 is 2.20 bits per heavy atom. The van der Waals surface area contributed by atoms with Crippen molar-refractivity contribution in [1.82, 2.24) is 4.90 Å². The molecule has 1 aliphatic heterocycles. The molecule has 4 nitrogen and oxygen atoms in total. The number of hydrogen-bond acceptors (Lipinski definition) is 3. The number of aryl methyl sites for hydroxylation is 1. The third-order valence-corrected chi connectivity index (χ3v) is 4.26. The van der Waals surface area contributed by atoms with Gasteiger partial charge in [0.2, 0.25) is 5.91 Å².